The van der Waals surface area contributed by atoms with Crippen LogP contribution in [0.15, 0.2) is 18.5 Å². The van der Waals surface area contributed by atoms with Gasteiger partial charge in [-0.15, -0.1) is 0 Å². The summed E-state index contributed by atoms with van der Waals surface area (Å²) in [6.45, 7) is 3.45. The van der Waals surface area contributed by atoms with Crippen LogP contribution in [0.1, 0.15) is 55.6 Å². The van der Waals surface area contributed by atoms with Gasteiger partial charge in [0.15, 0.2) is 0 Å². The zero-order valence-electron chi connectivity index (χ0n) is 11.4. The zero-order valence-corrected chi connectivity index (χ0v) is 11.4. The van der Waals surface area contributed by atoms with Gasteiger partial charge in [-0.3, -0.25) is 4.98 Å². The van der Waals surface area contributed by atoms with E-state index in [0.717, 1.165) is 17.9 Å². The SMILES string of the molecule is Cc1ccncc1C1CCCCC1CNC1CC1. The third-order valence-electron chi connectivity index (χ3n) is 4.63. The smallest absolute Gasteiger partial charge is 0.0305 e. The van der Waals surface area contributed by atoms with Crippen molar-refractivity contribution < 1.29 is 0 Å². The van der Waals surface area contributed by atoms with Crippen molar-refractivity contribution >= 4 is 0 Å². The molecule has 1 heterocycles. The number of pyridine rings is 1. The van der Waals surface area contributed by atoms with E-state index in [1.54, 1.807) is 0 Å². The van der Waals surface area contributed by atoms with Gasteiger partial charge in [0.2, 0.25) is 0 Å². The number of hydrogen-bond acceptors (Lipinski definition) is 2. The second kappa shape index (κ2) is 5.40. The average molecular weight is 244 g/mol. The maximum absolute atomic E-state index is 4.34. The minimum absolute atomic E-state index is 0.735. The van der Waals surface area contributed by atoms with Crippen LogP contribution in [-0.2, 0) is 0 Å². The van der Waals surface area contributed by atoms with Crippen LogP contribution in [0.3, 0.4) is 0 Å². The summed E-state index contributed by atoms with van der Waals surface area (Å²) < 4.78 is 0. The molecule has 0 spiro atoms. The third kappa shape index (κ3) is 2.74. The van der Waals surface area contributed by atoms with Crippen molar-refractivity contribution in [3.63, 3.8) is 0 Å². The molecule has 2 heteroatoms. The van der Waals surface area contributed by atoms with Crippen LogP contribution in [0.4, 0.5) is 0 Å². The summed E-state index contributed by atoms with van der Waals surface area (Å²) in [4.78, 5) is 4.34. The topological polar surface area (TPSA) is 24.9 Å². The Balaban J connectivity index is 1.71. The molecule has 98 valence electrons. The van der Waals surface area contributed by atoms with Crippen molar-refractivity contribution in [1.82, 2.24) is 10.3 Å². The number of hydrogen-bond donors (Lipinski definition) is 1. The Bertz CT molecular complexity index is 398. The number of nitrogens with one attached hydrogen (secondary N) is 1. The first kappa shape index (κ1) is 12.2. The number of nitrogens with zero attached hydrogens (tertiary/aromatic N) is 1. The maximum Gasteiger partial charge on any atom is 0.0305 e. The molecule has 1 aromatic rings. The van der Waals surface area contributed by atoms with E-state index in [-0.39, 0.29) is 0 Å². The van der Waals surface area contributed by atoms with Crippen molar-refractivity contribution in [2.24, 2.45) is 5.92 Å². The first-order valence-electron chi connectivity index (χ1n) is 7.48. The molecular formula is C16H24N2. The molecule has 2 fully saturated rings. The van der Waals surface area contributed by atoms with Crippen molar-refractivity contribution in [2.45, 2.75) is 57.4 Å². The zero-order chi connectivity index (χ0) is 12.4. The van der Waals surface area contributed by atoms with E-state index in [4.69, 9.17) is 0 Å². The van der Waals surface area contributed by atoms with Gasteiger partial charge in [0.05, 0.1) is 0 Å². The highest BCUT2D eigenvalue weighted by Gasteiger charge is 2.29. The minimum atomic E-state index is 0.735. The summed E-state index contributed by atoms with van der Waals surface area (Å²) >= 11 is 0. The van der Waals surface area contributed by atoms with Crippen molar-refractivity contribution in [1.29, 1.82) is 0 Å². The first-order chi connectivity index (χ1) is 8.84. The molecule has 3 rings (SSSR count). The van der Waals surface area contributed by atoms with Crippen molar-refractivity contribution in [2.75, 3.05) is 6.54 Å². The lowest BCUT2D eigenvalue weighted by Gasteiger charge is -2.33. The molecule has 0 saturated heterocycles. The maximum atomic E-state index is 4.34. The molecule has 0 radical (unpaired) electrons. The van der Waals surface area contributed by atoms with Crippen LogP contribution in [0.5, 0.6) is 0 Å². The summed E-state index contributed by atoms with van der Waals surface area (Å²) in [5.74, 6) is 1.56. The van der Waals surface area contributed by atoms with Crippen molar-refractivity contribution in [3.8, 4) is 0 Å². The first-order valence-corrected chi connectivity index (χ1v) is 7.48. The van der Waals surface area contributed by atoms with Gasteiger partial charge in [0, 0.05) is 18.4 Å². The molecule has 2 nitrogen and oxygen atoms in total. The van der Waals surface area contributed by atoms with Crippen LogP contribution in [0.25, 0.3) is 0 Å². The molecule has 1 aromatic heterocycles. The molecule has 2 aliphatic rings. The molecule has 18 heavy (non-hydrogen) atoms. The summed E-state index contributed by atoms with van der Waals surface area (Å²) in [6.07, 6.45) is 12.3. The Morgan fingerprint density at radius 1 is 1.22 bits per heavy atom. The van der Waals surface area contributed by atoms with E-state index in [9.17, 15) is 0 Å². The van der Waals surface area contributed by atoms with Gasteiger partial charge in [-0.1, -0.05) is 12.8 Å². The highest BCUT2D eigenvalue weighted by atomic mass is 14.9. The van der Waals surface area contributed by atoms with Gasteiger partial charge >= 0.3 is 0 Å². The fourth-order valence-electron chi connectivity index (χ4n) is 3.33. The summed E-state index contributed by atoms with van der Waals surface area (Å²) in [5, 5.41) is 3.73. The Labute approximate surface area is 110 Å². The summed E-state index contributed by atoms with van der Waals surface area (Å²) in [6, 6.07) is 3.00. The molecule has 0 amide bonds. The van der Waals surface area contributed by atoms with Gasteiger partial charge in [-0.2, -0.15) is 0 Å². The molecule has 0 aliphatic heterocycles. The van der Waals surface area contributed by atoms with Crippen LogP contribution in [-0.4, -0.2) is 17.6 Å². The second-order valence-electron chi connectivity index (χ2n) is 6.07. The van der Waals surface area contributed by atoms with Gasteiger partial charge < -0.3 is 5.32 Å². The van der Waals surface area contributed by atoms with E-state index >= 15 is 0 Å². The highest BCUT2D eigenvalue weighted by Crippen LogP contribution is 2.38. The Hall–Kier alpha value is -0.890. The summed E-state index contributed by atoms with van der Waals surface area (Å²) in [7, 11) is 0. The normalized spacial score (nSPS) is 28.3. The second-order valence-corrected chi connectivity index (χ2v) is 6.07. The number of aryl methyl sites for hydroxylation is 1. The summed E-state index contributed by atoms with van der Waals surface area (Å²) in [5.41, 5.74) is 2.92. The fourth-order valence-corrected chi connectivity index (χ4v) is 3.33. The van der Waals surface area contributed by atoms with Crippen LogP contribution >= 0.6 is 0 Å². The molecule has 0 bridgehead atoms. The van der Waals surface area contributed by atoms with E-state index < -0.39 is 0 Å². The molecular weight excluding hydrogens is 220 g/mol. The lowest BCUT2D eigenvalue weighted by atomic mass is 9.75. The predicted molar refractivity (Wildman–Crippen MR) is 74.7 cm³/mol. The fraction of sp³-hybridized carbons (Fsp3) is 0.688. The van der Waals surface area contributed by atoms with Crippen LogP contribution in [0.2, 0.25) is 0 Å². The molecule has 2 saturated carbocycles. The molecule has 2 atom stereocenters. The predicted octanol–water partition coefficient (Wildman–Crippen LogP) is 3.42. The standard InChI is InChI=1S/C16H24N2/c1-12-8-9-17-11-16(12)15-5-3-2-4-13(15)10-18-14-6-7-14/h8-9,11,13-15,18H,2-7,10H2,1H3. The monoisotopic (exact) mass is 244 g/mol. The molecule has 2 aliphatic carbocycles. The molecule has 1 N–H and O–H groups in total. The average Bonchev–Trinajstić information content (AvgIpc) is 3.22. The van der Waals surface area contributed by atoms with Gasteiger partial charge in [-0.05, 0) is 68.2 Å². The van der Waals surface area contributed by atoms with E-state index in [1.165, 1.54) is 56.2 Å². The Morgan fingerprint density at radius 3 is 2.83 bits per heavy atom. The molecule has 0 aromatic carbocycles. The number of rotatable bonds is 4. The van der Waals surface area contributed by atoms with E-state index in [1.807, 2.05) is 6.20 Å². The third-order valence-corrected chi connectivity index (χ3v) is 4.63. The van der Waals surface area contributed by atoms with E-state index in [0.29, 0.717) is 0 Å². The van der Waals surface area contributed by atoms with Gasteiger partial charge in [0.25, 0.3) is 0 Å². The quantitative estimate of drug-likeness (QED) is 0.878. The lowest BCUT2D eigenvalue weighted by molar-refractivity contribution is 0.294. The Kier molecular flexibility index (Phi) is 3.64. The van der Waals surface area contributed by atoms with E-state index in [2.05, 4.69) is 29.5 Å². The Morgan fingerprint density at radius 2 is 2.06 bits per heavy atom. The lowest BCUT2D eigenvalue weighted by Crippen LogP contribution is -2.31. The van der Waals surface area contributed by atoms with Crippen molar-refractivity contribution in [3.05, 3.63) is 29.6 Å². The minimum Gasteiger partial charge on any atom is -0.314 e. The molecule has 2 unspecified atom stereocenters. The van der Waals surface area contributed by atoms with Gasteiger partial charge in [0.1, 0.15) is 0 Å². The van der Waals surface area contributed by atoms with Crippen LogP contribution in [0, 0.1) is 12.8 Å². The largest absolute Gasteiger partial charge is 0.314 e. The highest BCUT2D eigenvalue weighted by molar-refractivity contribution is 5.26. The van der Waals surface area contributed by atoms with Crippen LogP contribution < -0.4 is 5.32 Å². The number of aromatic nitrogens is 1. The van der Waals surface area contributed by atoms with Gasteiger partial charge in [-0.25, -0.2) is 0 Å².